The van der Waals surface area contributed by atoms with Gasteiger partial charge in [0.15, 0.2) is 0 Å². The van der Waals surface area contributed by atoms with E-state index in [0.29, 0.717) is 25.1 Å². The summed E-state index contributed by atoms with van der Waals surface area (Å²) in [4.78, 5) is 25.3. The molecule has 1 N–H and O–H groups in total. The van der Waals surface area contributed by atoms with E-state index in [0.717, 1.165) is 18.8 Å². The summed E-state index contributed by atoms with van der Waals surface area (Å²) in [6.45, 7) is 3.10. The molecule has 3 heterocycles. The molecule has 27 heavy (non-hydrogen) atoms. The van der Waals surface area contributed by atoms with Crippen LogP contribution in [0.15, 0.2) is 42.9 Å². The number of hydrogen-bond acceptors (Lipinski definition) is 5. The Kier molecular flexibility index (Phi) is 5.34. The molecule has 0 spiro atoms. The molecular weight excluding hydrogens is 340 g/mol. The van der Waals surface area contributed by atoms with Gasteiger partial charge < -0.3 is 14.9 Å². The van der Waals surface area contributed by atoms with Crippen LogP contribution >= 0.6 is 0 Å². The van der Waals surface area contributed by atoms with Crippen molar-refractivity contribution in [3.05, 3.63) is 54.1 Å². The van der Waals surface area contributed by atoms with Crippen molar-refractivity contribution in [1.82, 2.24) is 14.9 Å². The summed E-state index contributed by atoms with van der Waals surface area (Å²) in [5.74, 6) is -0.0147. The molecule has 2 aliphatic heterocycles. The monoisotopic (exact) mass is 366 g/mol. The van der Waals surface area contributed by atoms with Crippen molar-refractivity contribution in [2.24, 2.45) is 5.92 Å². The number of aliphatic hydroxyl groups is 1. The van der Waals surface area contributed by atoms with Crippen LogP contribution in [0, 0.1) is 5.92 Å². The summed E-state index contributed by atoms with van der Waals surface area (Å²) < 4.78 is 0. The maximum Gasteiger partial charge on any atom is 0.253 e. The highest BCUT2D eigenvalue weighted by Gasteiger charge is 2.34. The smallest absolute Gasteiger partial charge is 0.253 e. The Hall–Kier alpha value is -2.47. The lowest BCUT2D eigenvalue weighted by atomic mass is 10.0. The molecular formula is C21H26N4O2. The number of aromatic nitrogens is 2. The maximum absolute atomic E-state index is 12.9. The van der Waals surface area contributed by atoms with Crippen LogP contribution in [0.4, 0.5) is 5.69 Å². The van der Waals surface area contributed by atoms with Gasteiger partial charge in [-0.2, -0.15) is 0 Å². The molecule has 2 saturated heterocycles. The average Bonchev–Trinajstić information content (AvgIpc) is 3.09. The largest absolute Gasteiger partial charge is 0.391 e. The van der Waals surface area contributed by atoms with Crippen molar-refractivity contribution in [2.75, 3.05) is 31.1 Å². The summed E-state index contributed by atoms with van der Waals surface area (Å²) in [7, 11) is 0. The summed E-state index contributed by atoms with van der Waals surface area (Å²) in [5, 5.41) is 10.4. The van der Waals surface area contributed by atoms with E-state index in [1.54, 1.807) is 23.5 Å². The molecule has 6 nitrogen and oxygen atoms in total. The molecule has 2 aromatic rings. The normalized spacial score (nSPS) is 22.9. The first-order chi connectivity index (χ1) is 13.2. The Bertz CT molecular complexity index is 760. The number of carbonyl (C=O) groups is 1. The standard InChI is InChI=1S/C21H26N4O2/c26-20-15-25(14-17(20)12-18-13-22-8-9-23-18)21(27)16-4-6-19(7-5-16)24-10-2-1-3-11-24/h4-9,13,17,20,26H,1-3,10-12,14-15H2. The molecule has 1 aromatic heterocycles. The first kappa shape index (κ1) is 17.9. The van der Waals surface area contributed by atoms with E-state index < -0.39 is 6.10 Å². The number of amides is 1. The Morgan fingerprint density at radius 1 is 1.07 bits per heavy atom. The summed E-state index contributed by atoms with van der Waals surface area (Å²) in [6.07, 6.45) is 8.90. The van der Waals surface area contributed by atoms with E-state index in [1.807, 2.05) is 24.3 Å². The lowest BCUT2D eigenvalue weighted by Crippen LogP contribution is -2.30. The number of carbonyl (C=O) groups excluding carboxylic acids is 1. The minimum Gasteiger partial charge on any atom is -0.391 e. The SMILES string of the molecule is O=C(c1ccc(N2CCCCC2)cc1)N1CC(O)C(Cc2cnccn2)C1. The zero-order valence-electron chi connectivity index (χ0n) is 15.5. The fraction of sp³-hybridized carbons (Fsp3) is 0.476. The number of anilines is 1. The Morgan fingerprint density at radius 3 is 2.56 bits per heavy atom. The van der Waals surface area contributed by atoms with Gasteiger partial charge in [0.1, 0.15) is 0 Å². The molecule has 0 aliphatic carbocycles. The van der Waals surface area contributed by atoms with Gasteiger partial charge in [-0.1, -0.05) is 0 Å². The first-order valence-corrected chi connectivity index (χ1v) is 9.78. The van der Waals surface area contributed by atoms with E-state index in [4.69, 9.17) is 0 Å². The van der Waals surface area contributed by atoms with Crippen LogP contribution in [-0.2, 0) is 6.42 Å². The van der Waals surface area contributed by atoms with E-state index in [9.17, 15) is 9.90 Å². The number of hydrogen-bond donors (Lipinski definition) is 1. The molecule has 2 aliphatic rings. The van der Waals surface area contributed by atoms with Crippen molar-refractivity contribution in [1.29, 1.82) is 0 Å². The van der Waals surface area contributed by atoms with Gasteiger partial charge in [-0.3, -0.25) is 14.8 Å². The number of likely N-dealkylation sites (tertiary alicyclic amines) is 1. The predicted octanol–water partition coefficient (Wildman–Crippen LogP) is 2.14. The van der Waals surface area contributed by atoms with Crippen LogP contribution in [0.2, 0.25) is 0 Å². The van der Waals surface area contributed by atoms with E-state index in [-0.39, 0.29) is 11.8 Å². The molecule has 2 fully saturated rings. The lowest BCUT2D eigenvalue weighted by molar-refractivity contribution is 0.0764. The lowest BCUT2D eigenvalue weighted by Gasteiger charge is -2.29. The molecule has 0 bridgehead atoms. The van der Waals surface area contributed by atoms with Gasteiger partial charge >= 0.3 is 0 Å². The maximum atomic E-state index is 12.9. The fourth-order valence-electron chi connectivity index (χ4n) is 4.07. The van der Waals surface area contributed by atoms with Crippen molar-refractivity contribution >= 4 is 11.6 Å². The zero-order valence-corrected chi connectivity index (χ0v) is 15.5. The van der Waals surface area contributed by atoms with Gasteiger partial charge in [-0.05, 0) is 49.9 Å². The molecule has 142 valence electrons. The third-order valence-corrected chi connectivity index (χ3v) is 5.62. The summed E-state index contributed by atoms with van der Waals surface area (Å²) in [5.41, 5.74) is 2.72. The Labute approximate surface area is 159 Å². The molecule has 4 rings (SSSR count). The number of nitrogens with zero attached hydrogens (tertiary/aromatic N) is 4. The third kappa shape index (κ3) is 4.11. The molecule has 1 aromatic carbocycles. The van der Waals surface area contributed by atoms with Gasteiger partial charge in [0, 0.05) is 61.9 Å². The van der Waals surface area contributed by atoms with Crippen molar-refractivity contribution in [3.8, 4) is 0 Å². The van der Waals surface area contributed by atoms with E-state index in [2.05, 4.69) is 14.9 Å². The van der Waals surface area contributed by atoms with Crippen LogP contribution < -0.4 is 4.90 Å². The number of β-amino-alcohol motifs (C(OH)–C–C–N with tert-alkyl or cyclic N) is 1. The second kappa shape index (κ2) is 8.05. The molecule has 0 saturated carbocycles. The highest BCUT2D eigenvalue weighted by atomic mass is 16.3. The molecule has 1 amide bonds. The summed E-state index contributed by atoms with van der Waals surface area (Å²) >= 11 is 0. The van der Waals surface area contributed by atoms with E-state index >= 15 is 0 Å². The average molecular weight is 366 g/mol. The number of rotatable bonds is 4. The zero-order chi connectivity index (χ0) is 18.6. The third-order valence-electron chi connectivity index (χ3n) is 5.62. The van der Waals surface area contributed by atoms with Crippen molar-refractivity contribution < 1.29 is 9.90 Å². The van der Waals surface area contributed by atoms with Gasteiger partial charge in [-0.25, -0.2) is 0 Å². The van der Waals surface area contributed by atoms with Crippen molar-refractivity contribution in [3.63, 3.8) is 0 Å². The minimum atomic E-state index is -0.524. The Balaban J connectivity index is 1.39. The predicted molar refractivity (Wildman–Crippen MR) is 104 cm³/mol. The molecule has 2 unspecified atom stereocenters. The Morgan fingerprint density at radius 2 is 1.85 bits per heavy atom. The first-order valence-electron chi connectivity index (χ1n) is 9.78. The highest BCUT2D eigenvalue weighted by molar-refractivity contribution is 5.94. The van der Waals surface area contributed by atoms with Gasteiger partial charge in [-0.15, -0.1) is 0 Å². The van der Waals surface area contributed by atoms with Crippen LogP contribution in [0.1, 0.15) is 35.3 Å². The molecule has 2 atom stereocenters. The quantitative estimate of drug-likeness (QED) is 0.898. The highest BCUT2D eigenvalue weighted by Crippen LogP contribution is 2.24. The van der Waals surface area contributed by atoms with Gasteiger partial charge in [0.25, 0.3) is 5.91 Å². The fourth-order valence-corrected chi connectivity index (χ4v) is 4.07. The minimum absolute atomic E-state index is 0.00160. The van der Waals surface area contributed by atoms with Gasteiger partial charge in [0.05, 0.1) is 11.8 Å². The molecule has 0 radical (unpaired) electrons. The van der Waals surface area contributed by atoms with Gasteiger partial charge in [0.2, 0.25) is 0 Å². The van der Waals surface area contributed by atoms with Crippen LogP contribution in [0.25, 0.3) is 0 Å². The number of piperidine rings is 1. The topological polar surface area (TPSA) is 69.6 Å². The number of aliphatic hydroxyl groups excluding tert-OH is 1. The summed E-state index contributed by atoms with van der Waals surface area (Å²) in [6, 6.07) is 7.91. The van der Waals surface area contributed by atoms with E-state index in [1.165, 1.54) is 24.9 Å². The molecule has 6 heteroatoms. The van der Waals surface area contributed by atoms with Crippen LogP contribution in [0.5, 0.6) is 0 Å². The second-order valence-electron chi connectivity index (χ2n) is 7.53. The number of benzene rings is 1. The van der Waals surface area contributed by atoms with Crippen LogP contribution in [0.3, 0.4) is 0 Å². The van der Waals surface area contributed by atoms with Crippen molar-refractivity contribution in [2.45, 2.75) is 31.8 Å². The second-order valence-corrected chi connectivity index (χ2v) is 7.53. The van der Waals surface area contributed by atoms with Crippen LogP contribution in [-0.4, -0.2) is 58.2 Å².